The summed E-state index contributed by atoms with van der Waals surface area (Å²) in [6.45, 7) is 5.25. The standard InChI is InChI=1S/C12H30N4O2S/c1-6-16(12-8-10-14(3)4)19(17,18)15(5)11-7-9-13-2/h13H,6-12H2,1-5H3. The maximum absolute atomic E-state index is 12.3. The van der Waals surface area contributed by atoms with E-state index in [0.29, 0.717) is 19.6 Å². The smallest absolute Gasteiger partial charge is 0.281 e. The molecule has 0 fully saturated rings. The first-order valence-electron chi connectivity index (χ1n) is 6.87. The number of nitrogens with zero attached hydrogens (tertiary/aromatic N) is 3. The van der Waals surface area contributed by atoms with Gasteiger partial charge in [0, 0.05) is 26.7 Å². The van der Waals surface area contributed by atoms with Crippen molar-refractivity contribution in [2.75, 3.05) is 60.9 Å². The first-order chi connectivity index (χ1) is 8.86. The number of nitrogens with one attached hydrogen (secondary N) is 1. The van der Waals surface area contributed by atoms with E-state index in [0.717, 1.165) is 25.9 Å². The lowest BCUT2D eigenvalue weighted by molar-refractivity contribution is 0.333. The molecule has 0 aromatic carbocycles. The molecule has 0 atom stereocenters. The second kappa shape index (κ2) is 9.66. The molecule has 7 heteroatoms. The fraction of sp³-hybridized carbons (Fsp3) is 1.00. The van der Waals surface area contributed by atoms with Gasteiger partial charge in [0.15, 0.2) is 0 Å². The van der Waals surface area contributed by atoms with Gasteiger partial charge in [-0.15, -0.1) is 0 Å². The highest BCUT2D eigenvalue weighted by molar-refractivity contribution is 7.86. The van der Waals surface area contributed by atoms with Gasteiger partial charge in [0.1, 0.15) is 0 Å². The van der Waals surface area contributed by atoms with Crippen LogP contribution in [0.2, 0.25) is 0 Å². The highest BCUT2D eigenvalue weighted by atomic mass is 32.2. The summed E-state index contributed by atoms with van der Waals surface area (Å²) in [7, 11) is 4.20. The molecule has 0 aliphatic rings. The van der Waals surface area contributed by atoms with Gasteiger partial charge < -0.3 is 10.2 Å². The Morgan fingerprint density at radius 3 is 2.11 bits per heavy atom. The molecule has 0 rings (SSSR count). The minimum atomic E-state index is -3.31. The van der Waals surface area contributed by atoms with Gasteiger partial charge in [-0.1, -0.05) is 6.92 Å². The van der Waals surface area contributed by atoms with Crippen LogP contribution >= 0.6 is 0 Å². The zero-order chi connectivity index (χ0) is 14.9. The van der Waals surface area contributed by atoms with Gasteiger partial charge in [0.2, 0.25) is 0 Å². The van der Waals surface area contributed by atoms with Crippen LogP contribution < -0.4 is 5.32 Å². The minimum Gasteiger partial charge on any atom is -0.320 e. The molecule has 0 saturated carbocycles. The van der Waals surface area contributed by atoms with Crippen molar-refractivity contribution in [3.8, 4) is 0 Å². The molecule has 0 bridgehead atoms. The van der Waals surface area contributed by atoms with Crippen molar-refractivity contribution in [3.63, 3.8) is 0 Å². The molecule has 0 radical (unpaired) electrons. The van der Waals surface area contributed by atoms with Crippen LogP contribution in [0.3, 0.4) is 0 Å². The van der Waals surface area contributed by atoms with E-state index in [1.165, 1.54) is 4.31 Å². The number of rotatable bonds is 11. The topological polar surface area (TPSA) is 55.9 Å². The molecule has 0 heterocycles. The van der Waals surface area contributed by atoms with Crippen LogP contribution in [-0.2, 0) is 10.2 Å². The zero-order valence-electron chi connectivity index (χ0n) is 13.0. The average molecular weight is 294 g/mol. The molecule has 1 N–H and O–H groups in total. The largest absolute Gasteiger partial charge is 0.320 e. The Morgan fingerprint density at radius 1 is 1.00 bits per heavy atom. The van der Waals surface area contributed by atoms with Crippen LogP contribution in [0, 0.1) is 0 Å². The van der Waals surface area contributed by atoms with Crippen LogP contribution in [-0.4, -0.2) is 82.8 Å². The van der Waals surface area contributed by atoms with Crippen LogP contribution in [0.1, 0.15) is 19.8 Å². The van der Waals surface area contributed by atoms with Crippen molar-refractivity contribution in [3.05, 3.63) is 0 Å². The Morgan fingerprint density at radius 2 is 1.63 bits per heavy atom. The van der Waals surface area contributed by atoms with Gasteiger partial charge in [0.25, 0.3) is 10.2 Å². The third kappa shape index (κ3) is 7.22. The van der Waals surface area contributed by atoms with Crippen LogP contribution in [0.25, 0.3) is 0 Å². The highest BCUT2D eigenvalue weighted by Gasteiger charge is 2.24. The van der Waals surface area contributed by atoms with Gasteiger partial charge >= 0.3 is 0 Å². The van der Waals surface area contributed by atoms with E-state index in [1.807, 2.05) is 28.1 Å². The van der Waals surface area contributed by atoms with Gasteiger partial charge in [-0.3, -0.25) is 0 Å². The molecule has 0 amide bonds. The summed E-state index contributed by atoms with van der Waals surface area (Å²) in [4.78, 5) is 2.07. The molecule has 0 saturated heterocycles. The van der Waals surface area contributed by atoms with Crippen molar-refractivity contribution < 1.29 is 8.42 Å². The number of hydrogen-bond donors (Lipinski definition) is 1. The normalized spacial score (nSPS) is 12.8. The Kier molecular flexibility index (Phi) is 9.55. The highest BCUT2D eigenvalue weighted by Crippen LogP contribution is 2.07. The van der Waals surface area contributed by atoms with Gasteiger partial charge in [-0.05, 0) is 47.1 Å². The molecule has 19 heavy (non-hydrogen) atoms. The van der Waals surface area contributed by atoms with E-state index in [1.54, 1.807) is 11.4 Å². The summed E-state index contributed by atoms with van der Waals surface area (Å²) in [5.41, 5.74) is 0. The fourth-order valence-electron chi connectivity index (χ4n) is 1.79. The lowest BCUT2D eigenvalue weighted by atomic mass is 10.4. The average Bonchev–Trinajstić information content (AvgIpc) is 2.34. The summed E-state index contributed by atoms with van der Waals surface area (Å²) >= 11 is 0. The van der Waals surface area contributed by atoms with E-state index >= 15 is 0 Å². The van der Waals surface area contributed by atoms with Crippen LogP contribution in [0.15, 0.2) is 0 Å². The Balaban J connectivity index is 4.38. The van der Waals surface area contributed by atoms with Gasteiger partial charge in [-0.2, -0.15) is 17.0 Å². The monoisotopic (exact) mass is 294 g/mol. The third-order valence-corrected chi connectivity index (χ3v) is 5.05. The fourth-order valence-corrected chi connectivity index (χ4v) is 3.23. The summed E-state index contributed by atoms with van der Waals surface area (Å²) in [5.74, 6) is 0. The Hall–Kier alpha value is -0.210. The van der Waals surface area contributed by atoms with Crippen molar-refractivity contribution in [2.45, 2.75) is 19.8 Å². The molecule has 0 aromatic heterocycles. The molecule has 0 aliphatic carbocycles. The lowest BCUT2D eigenvalue weighted by Gasteiger charge is -2.27. The zero-order valence-corrected chi connectivity index (χ0v) is 13.8. The van der Waals surface area contributed by atoms with E-state index in [-0.39, 0.29) is 0 Å². The predicted octanol–water partition coefficient (Wildman–Crippen LogP) is 0.0461. The van der Waals surface area contributed by atoms with Gasteiger partial charge in [0.05, 0.1) is 0 Å². The maximum atomic E-state index is 12.3. The molecule has 0 aliphatic heterocycles. The van der Waals surface area contributed by atoms with Crippen molar-refractivity contribution in [2.24, 2.45) is 0 Å². The van der Waals surface area contributed by atoms with E-state index in [9.17, 15) is 8.42 Å². The van der Waals surface area contributed by atoms with E-state index < -0.39 is 10.2 Å². The molecule has 0 aromatic rings. The Bertz CT molecular complexity index is 320. The SMILES string of the molecule is CCN(CCCN(C)C)S(=O)(=O)N(C)CCCNC. The first-order valence-corrected chi connectivity index (χ1v) is 8.26. The molecular weight excluding hydrogens is 264 g/mol. The second-order valence-corrected chi connectivity index (χ2v) is 6.97. The summed E-state index contributed by atoms with van der Waals surface area (Å²) < 4.78 is 27.7. The predicted molar refractivity (Wildman–Crippen MR) is 80.5 cm³/mol. The van der Waals surface area contributed by atoms with Crippen molar-refractivity contribution in [1.82, 2.24) is 18.8 Å². The van der Waals surface area contributed by atoms with Gasteiger partial charge in [-0.25, -0.2) is 0 Å². The van der Waals surface area contributed by atoms with Crippen LogP contribution in [0.5, 0.6) is 0 Å². The summed E-state index contributed by atoms with van der Waals surface area (Å²) in [5, 5.41) is 3.02. The van der Waals surface area contributed by atoms with E-state index in [4.69, 9.17) is 0 Å². The first kappa shape index (κ1) is 18.8. The minimum absolute atomic E-state index is 0.520. The van der Waals surface area contributed by atoms with Crippen molar-refractivity contribution >= 4 is 10.2 Å². The number of hydrogen-bond acceptors (Lipinski definition) is 4. The maximum Gasteiger partial charge on any atom is 0.281 e. The Labute approximate surface area is 118 Å². The molecule has 6 nitrogen and oxygen atoms in total. The lowest BCUT2D eigenvalue weighted by Crippen LogP contribution is -2.43. The summed E-state index contributed by atoms with van der Waals surface area (Å²) in [6.07, 6.45) is 1.67. The quantitative estimate of drug-likeness (QED) is 0.547. The third-order valence-electron chi connectivity index (χ3n) is 2.99. The van der Waals surface area contributed by atoms with Crippen molar-refractivity contribution in [1.29, 1.82) is 0 Å². The summed E-state index contributed by atoms with van der Waals surface area (Å²) in [6, 6.07) is 0. The van der Waals surface area contributed by atoms with E-state index in [2.05, 4.69) is 10.2 Å². The molecular formula is C12H30N4O2S. The molecule has 0 unspecified atom stereocenters. The molecule has 0 spiro atoms. The second-order valence-electron chi connectivity index (χ2n) is 4.93. The van der Waals surface area contributed by atoms with Crippen LogP contribution in [0.4, 0.5) is 0 Å². The molecule has 116 valence electrons.